The van der Waals surface area contributed by atoms with Gasteiger partial charge in [0, 0.05) is 3.92 Å². The first-order valence-corrected chi connectivity index (χ1v) is 4.52. The summed E-state index contributed by atoms with van der Waals surface area (Å²) >= 11 is 2.55. The van der Waals surface area contributed by atoms with Crippen LogP contribution in [0.2, 0.25) is 0 Å². The van der Waals surface area contributed by atoms with Crippen molar-refractivity contribution in [2.45, 2.75) is 30.1 Å². The van der Waals surface area contributed by atoms with Crippen LogP contribution in [0.3, 0.4) is 0 Å². The van der Waals surface area contributed by atoms with Crippen molar-refractivity contribution in [2.24, 2.45) is 5.92 Å². The van der Waals surface area contributed by atoms with Gasteiger partial charge in [0.1, 0.15) is 0 Å². The van der Waals surface area contributed by atoms with E-state index in [0.717, 1.165) is 9.84 Å². The molecule has 0 saturated heterocycles. The van der Waals surface area contributed by atoms with Gasteiger partial charge in [0.25, 0.3) is 0 Å². The average Bonchev–Trinajstić information content (AvgIpc) is 1.77. The highest BCUT2D eigenvalue weighted by atomic mass is 127. The zero-order chi connectivity index (χ0) is 5.98. The molecule has 0 aromatic carbocycles. The highest BCUT2D eigenvalue weighted by molar-refractivity contribution is 14.1. The molecule has 0 spiro atoms. The smallest absolute Gasteiger partial charge is 0.0138 e. The van der Waals surface area contributed by atoms with Crippen molar-refractivity contribution in [3.05, 3.63) is 6.42 Å². The zero-order valence-electron chi connectivity index (χ0n) is 5.23. The van der Waals surface area contributed by atoms with Gasteiger partial charge in [-0.15, -0.1) is 0 Å². The fourth-order valence-corrected chi connectivity index (χ4v) is 1.84. The quantitative estimate of drug-likeness (QED) is 0.437. The van der Waals surface area contributed by atoms with Gasteiger partial charge < -0.3 is 0 Å². The molecule has 0 N–H and O–H groups in total. The van der Waals surface area contributed by atoms with Gasteiger partial charge in [-0.3, -0.25) is 0 Å². The summed E-state index contributed by atoms with van der Waals surface area (Å²) < 4.78 is 0.918. The molecule has 0 aromatic heterocycles. The Kier molecular flexibility index (Phi) is 2.60. The van der Waals surface area contributed by atoms with Gasteiger partial charge in [0.2, 0.25) is 0 Å². The Hall–Kier alpha value is 0.730. The van der Waals surface area contributed by atoms with E-state index in [1.54, 1.807) is 0 Å². The lowest BCUT2D eigenvalue weighted by molar-refractivity contribution is 0.505. The topological polar surface area (TPSA) is 0 Å². The molecule has 0 nitrogen and oxygen atoms in total. The summed E-state index contributed by atoms with van der Waals surface area (Å²) in [6, 6.07) is 0. The molecule has 47 valence electrons. The molecule has 1 fully saturated rings. The van der Waals surface area contributed by atoms with E-state index in [1.807, 2.05) is 0 Å². The summed E-state index contributed by atoms with van der Waals surface area (Å²) in [7, 11) is 0. The molecule has 1 aliphatic carbocycles. The van der Waals surface area contributed by atoms with Crippen LogP contribution < -0.4 is 0 Å². The first kappa shape index (κ1) is 6.84. The van der Waals surface area contributed by atoms with Crippen LogP contribution in [0.15, 0.2) is 0 Å². The number of hydrogen-bond acceptors (Lipinski definition) is 0. The molecule has 0 aromatic rings. The highest BCUT2D eigenvalue weighted by Crippen LogP contribution is 2.28. The molecule has 0 amide bonds. The lowest BCUT2D eigenvalue weighted by Gasteiger charge is -2.22. The minimum Gasteiger partial charge on any atom is -0.0823 e. The van der Waals surface area contributed by atoms with Gasteiger partial charge in [-0.25, -0.2) is 0 Å². The average molecular weight is 223 g/mol. The van der Waals surface area contributed by atoms with Crippen LogP contribution in [0.1, 0.15) is 26.2 Å². The second kappa shape index (κ2) is 3.04. The SMILES string of the molecule is CC1[CH]CCCC1I. The summed E-state index contributed by atoms with van der Waals surface area (Å²) in [4.78, 5) is 0. The number of hydrogen-bond donors (Lipinski definition) is 0. The molecule has 2 atom stereocenters. The van der Waals surface area contributed by atoms with Crippen LogP contribution in [0, 0.1) is 12.3 Å². The van der Waals surface area contributed by atoms with Crippen LogP contribution in [0.4, 0.5) is 0 Å². The van der Waals surface area contributed by atoms with E-state index >= 15 is 0 Å². The minimum atomic E-state index is 0.865. The van der Waals surface area contributed by atoms with Crippen molar-refractivity contribution in [2.75, 3.05) is 0 Å². The molecule has 1 saturated carbocycles. The predicted octanol–water partition coefficient (Wildman–Crippen LogP) is 2.81. The third-order valence-electron chi connectivity index (χ3n) is 1.79. The maximum absolute atomic E-state index is 2.55. The molecular formula is C7H12I. The van der Waals surface area contributed by atoms with Crippen molar-refractivity contribution in [3.8, 4) is 0 Å². The van der Waals surface area contributed by atoms with Gasteiger partial charge in [-0.05, 0) is 25.2 Å². The van der Waals surface area contributed by atoms with E-state index in [4.69, 9.17) is 0 Å². The van der Waals surface area contributed by atoms with Gasteiger partial charge in [-0.1, -0.05) is 35.9 Å². The van der Waals surface area contributed by atoms with E-state index < -0.39 is 0 Å². The normalized spacial score (nSPS) is 39.8. The Morgan fingerprint density at radius 2 is 2.38 bits per heavy atom. The van der Waals surface area contributed by atoms with Gasteiger partial charge in [-0.2, -0.15) is 0 Å². The van der Waals surface area contributed by atoms with Crippen molar-refractivity contribution >= 4 is 22.6 Å². The van der Waals surface area contributed by atoms with E-state index in [9.17, 15) is 0 Å². The Balaban J connectivity index is 2.28. The third kappa shape index (κ3) is 1.61. The molecule has 1 radical (unpaired) electrons. The third-order valence-corrected chi connectivity index (χ3v) is 3.55. The predicted molar refractivity (Wildman–Crippen MR) is 45.1 cm³/mol. The van der Waals surface area contributed by atoms with E-state index in [0.29, 0.717) is 0 Å². The Morgan fingerprint density at radius 1 is 1.62 bits per heavy atom. The van der Waals surface area contributed by atoms with Crippen molar-refractivity contribution in [1.29, 1.82) is 0 Å². The number of rotatable bonds is 0. The largest absolute Gasteiger partial charge is 0.0823 e. The van der Waals surface area contributed by atoms with Crippen molar-refractivity contribution in [1.82, 2.24) is 0 Å². The standard InChI is InChI=1S/C7H12I/c1-6-4-2-3-5-7(6)8/h4,6-7H,2-3,5H2,1H3. The summed E-state index contributed by atoms with van der Waals surface area (Å²) in [6.45, 7) is 2.32. The Labute approximate surface area is 65.2 Å². The van der Waals surface area contributed by atoms with Crippen LogP contribution in [-0.2, 0) is 0 Å². The van der Waals surface area contributed by atoms with Crippen LogP contribution in [-0.4, -0.2) is 3.92 Å². The van der Waals surface area contributed by atoms with Crippen LogP contribution in [0.5, 0.6) is 0 Å². The lowest BCUT2D eigenvalue weighted by Crippen LogP contribution is -2.15. The fraction of sp³-hybridized carbons (Fsp3) is 0.857. The first-order valence-electron chi connectivity index (χ1n) is 3.28. The van der Waals surface area contributed by atoms with E-state index in [-0.39, 0.29) is 0 Å². The number of alkyl halides is 1. The summed E-state index contributed by atoms with van der Waals surface area (Å²) in [5.74, 6) is 0.865. The first-order chi connectivity index (χ1) is 3.80. The van der Waals surface area contributed by atoms with Crippen LogP contribution >= 0.6 is 22.6 Å². The Morgan fingerprint density at radius 3 is 2.75 bits per heavy atom. The van der Waals surface area contributed by atoms with E-state index in [2.05, 4.69) is 35.9 Å². The zero-order valence-corrected chi connectivity index (χ0v) is 7.39. The molecule has 8 heavy (non-hydrogen) atoms. The van der Waals surface area contributed by atoms with E-state index in [1.165, 1.54) is 19.3 Å². The molecule has 0 aliphatic heterocycles. The fourth-order valence-electron chi connectivity index (χ4n) is 1.10. The van der Waals surface area contributed by atoms with Crippen molar-refractivity contribution < 1.29 is 0 Å². The maximum Gasteiger partial charge on any atom is 0.0138 e. The minimum absolute atomic E-state index is 0.865. The van der Waals surface area contributed by atoms with Crippen molar-refractivity contribution in [3.63, 3.8) is 0 Å². The monoisotopic (exact) mass is 223 g/mol. The molecule has 1 aliphatic rings. The Bertz CT molecular complexity index is 60.8. The van der Waals surface area contributed by atoms with Crippen LogP contribution in [0.25, 0.3) is 0 Å². The lowest BCUT2D eigenvalue weighted by atomic mass is 9.91. The molecule has 1 heteroatoms. The second-order valence-electron chi connectivity index (χ2n) is 2.54. The second-order valence-corrected chi connectivity index (χ2v) is 4.14. The summed E-state index contributed by atoms with van der Waals surface area (Å²) in [5, 5.41) is 0. The summed E-state index contributed by atoms with van der Waals surface area (Å²) in [6.07, 6.45) is 6.64. The van der Waals surface area contributed by atoms with Gasteiger partial charge in [0.15, 0.2) is 0 Å². The molecule has 1 rings (SSSR count). The number of halogens is 1. The molecular weight excluding hydrogens is 211 g/mol. The molecule has 0 heterocycles. The van der Waals surface area contributed by atoms with Gasteiger partial charge >= 0.3 is 0 Å². The highest BCUT2D eigenvalue weighted by Gasteiger charge is 2.17. The van der Waals surface area contributed by atoms with Gasteiger partial charge in [0.05, 0.1) is 0 Å². The maximum atomic E-state index is 2.55. The molecule has 2 unspecified atom stereocenters. The summed E-state index contributed by atoms with van der Waals surface area (Å²) in [5.41, 5.74) is 0. The molecule has 0 bridgehead atoms.